The van der Waals surface area contributed by atoms with E-state index in [0.717, 1.165) is 38.6 Å². The number of rotatable bonds is 22. The van der Waals surface area contributed by atoms with Gasteiger partial charge in [0.1, 0.15) is 5.54 Å². The largest absolute Gasteiger partial charge is 0.367 e. The second-order valence-corrected chi connectivity index (χ2v) is 16.1. The highest BCUT2D eigenvalue weighted by atomic mass is 32.1. The smallest absolute Gasteiger partial charge is 0.115 e. The molecule has 4 heteroatoms. The van der Waals surface area contributed by atoms with E-state index < -0.39 is 5.54 Å². The maximum Gasteiger partial charge on any atom is 0.115 e. The van der Waals surface area contributed by atoms with Gasteiger partial charge in [-0.2, -0.15) is 0 Å². The van der Waals surface area contributed by atoms with Gasteiger partial charge in [0, 0.05) is 5.56 Å². The summed E-state index contributed by atoms with van der Waals surface area (Å²) in [4.78, 5) is 2.83. The van der Waals surface area contributed by atoms with Crippen molar-refractivity contribution >= 4 is 28.4 Å². The van der Waals surface area contributed by atoms with Crippen molar-refractivity contribution in [3.8, 4) is 9.75 Å². The van der Waals surface area contributed by atoms with Gasteiger partial charge in [-0.15, -0.1) is 22.7 Å². The molecular formula is C44H62N2S2. The molecule has 0 amide bonds. The van der Waals surface area contributed by atoms with Gasteiger partial charge in [0.05, 0.1) is 15.4 Å². The van der Waals surface area contributed by atoms with Gasteiger partial charge < -0.3 is 11.1 Å². The fourth-order valence-corrected chi connectivity index (χ4v) is 9.71. The molecule has 1 unspecified atom stereocenters. The molecule has 0 fully saturated rings. The van der Waals surface area contributed by atoms with Crippen molar-refractivity contribution in [2.45, 2.75) is 148 Å². The molecule has 2 aromatic carbocycles. The van der Waals surface area contributed by atoms with Crippen LogP contribution in [0, 0.1) is 0 Å². The van der Waals surface area contributed by atoms with Crippen molar-refractivity contribution in [3.05, 3.63) is 98.2 Å². The normalized spacial score (nSPS) is 15.3. The number of hydrogen-bond donors (Lipinski definition) is 2. The van der Waals surface area contributed by atoms with Crippen LogP contribution < -0.4 is 11.1 Å². The van der Waals surface area contributed by atoms with Crippen LogP contribution in [0.15, 0.2) is 59.3 Å². The number of benzene rings is 2. The van der Waals surface area contributed by atoms with Gasteiger partial charge >= 0.3 is 0 Å². The number of thiophene rings is 2. The Labute approximate surface area is 301 Å². The van der Waals surface area contributed by atoms with Crippen molar-refractivity contribution in [3.63, 3.8) is 0 Å². The van der Waals surface area contributed by atoms with Crippen molar-refractivity contribution in [2.24, 2.45) is 5.73 Å². The Kier molecular flexibility index (Phi) is 14.7. The van der Waals surface area contributed by atoms with E-state index in [2.05, 4.69) is 85.4 Å². The van der Waals surface area contributed by atoms with E-state index in [-0.39, 0.29) is 0 Å². The van der Waals surface area contributed by atoms with Crippen LogP contribution in [-0.2, 0) is 31.2 Å². The monoisotopic (exact) mass is 682 g/mol. The molecule has 48 heavy (non-hydrogen) atoms. The lowest BCUT2D eigenvalue weighted by molar-refractivity contribution is 0.653. The molecular weight excluding hydrogens is 621 g/mol. The van der Waals surface area contributed by atoms with E-state index in [0.29, 0.717) is 0 Å². The number of unbranched alkanes of at least 4 members (excludes halogenated alkanes) is 11. The average Bonchev–Trinajstić information content (AvgIpc) is 3.79. The molecule has 3 N–H and O–H groups in total. The molecule has 0 saturated carbocycles. The zero-order valence-electron chi connectivity index (χ0n) is 30.3. The summed E-state index contributed by atoms with van der Waals surface area (Å²) in [6, 6.07) is 20.1. The van der Waals surface area contributed by atoms with E-state index in [1.54, 1.807) is 0 Å². The van der Waals surface area contributed by atoms with E-state index in [1.807, 2.05) is 22.7 Å². The van der Waals surface area contributed by atoms with Gasteiger partial charge in [-0.25, -0.2) is 0 Å². The maximum absolute atomic E-state index is 5.89. The van der Waals surface area contributed by atoms with Gasteiger partial charge in [0.2, 0.25) is 0 Å². The van der Waals surface area contributed by atoms with E-state index in [1.165, 1.54) is 144 Å². The van der Waals surface area contributed by atoms with Crippen LogP contribution >= 0.6 is 22.7 Å². The van der Waals surface area contributed by atoms with E-state index >= 15 is 0 Å². The summed E-state index contributed by atoms with van der Waals surface area (Å²) in [5, 5.41) is 8.88. The predicted molar refractivity (Wildman–Crippen MR) is 214 cm³/mol. The van der Waals surface area contributed by atoms with E-state index in [4.69, 9.17) is 5.73 Å². The van der Waals surface area contributed by atoms with Crippen LogP contribution in [0.2, 0.25) is 0 Å². The summed E-state index contributed by atoms with van der Waals surface area (Å²) in [6.07, 6.45) is 23.7. The van der Waals surface area contributed by atoms with Crippen molar-refractivity contribution < 1.29 is 0 Å². The highest BCUT2D eigenvalue weighted by Gasteiger charge is 2.43. The molecule has 1 atom stereocenters. The molecule has 0 aliphatic carbocycles. The Morgan fingerprint density at radius 3 is 1.42 bits per heavy atom. The first-order valence-corrected chi connectivity index (χ1v) is 21.3. The summed E-state index contributed by atoms with van der Waals surface area (Å²) >= 11 is 3.79. The third-order valence-corrected chi connectivity index (χ3v) is 12.4. The molecule has 260 valence electrons. The summed E-state index contributed by atoms with van der Waals surface area (Å²) in [6.45, 7) is 7.73. The molecule has 3 heterocycles. The summed E-state index contributed by atoms with van der Waals surface area (Å²) in [7, 11) is 0. The fourth-order valence-electron chi connectivity index (χ4n) is 7.71. The standard InChI is InChI=1S/C44H62N2S2/c1-4-7-10-14-19-34-28-35(20-15-11-8-5-2)31-38(30-34)44(40-23-26-47-42(40)43-41(46-44)24-27-48-43)39-32-36(21-16-12-9-6-3)29-37(33-39)22-17-13-18-25-45/h23-24,26-33,46H,4-22,25,45H2,1-3H3. The van der Waals surface area contributed by atoms with Gasteiger partial charge in [0.15, 0.2) is 0 Å². The zero-order valence-corrected chi connectivity index (χ0v) is 31.9. The minimum atomic E-state index is -0.424. The molecule has 0 bridgehead atoms. The Morgan fingerprint density at radius 2 is 0.958 bits per heavy atom. The van der Waals surface area contributed by atoms with Gasteiger partial charge in [-0.1, -0.05) is 121 Å². The first kappa shape index (κ1) is 36.9. The van der Waals surface area contributed by atoms with Crippen molar-refractivity contribution in [2.75, 3.05) is 11.9 Å². The predicted octanol–water partition coefficient (Wildman–Crippen LogP) is 13.2. The van der Waals surface area contributed by atoms with Crippen molar-refractivity contribution in [1.82, 2.24) is 0 Å². The molecule has 1 aliphatic heterocycles. The molecule has 5 rings (SSSR count). The molecule has 1 aliphatic rings. The highest BCUT2D eigenvalue weighted by molar-refractivity contribution is 7.21. The molecule has 0 radical (unpaired) electrons. The molecule has 0 spiro atoms. The third kappa shape index (κ3) is 9.23. The lowest BCUT2D eigenvalue weighted by Crippen LogP contribution is -2.40. The topological polar surface area (TPSA) is 38.0 Å². The Hall–Kier alpha value is -2.40. The maximum atomic E-state index is 5.89. The number of nitrogens with two attached hydrogens (primary N) is 1. The van der Waals surface area contributed by atoms with Crippen LogP contribution in [0.25, 0.3) is 9.75 Å². The molecule has 2 nitrogen and oxygen atoms in total. The Morgan fingerprint density at radius 1 is 0.521 bits per heavy atom. The number of aryl methyl sites for hydroxylation is 4. The van der Waals surface area contributed by atoms with E-state index in [9.17, 15) is 0 Å². The van der Waals surface area contributed by atoms with Gasteiger partial charge in [-0.05, 0) is 121 Å². The summed E-state index contributed by atoms with van der Waals surface area (Å²) in [5.41, 5.74) is 17.0. The molecule has 4 aromatic rings. The first-order valence-electron chi connectivity index (χ1n) is 19.5. The average molecular weight is 683 g/mol. The lowest BCUT2D eigenvalue weighted by atomic mass is 9.73. The number of nitrogens with one attached hydrogen (secondary N) is 1. The SMILES string of the molecule is CCCCCCc1cc(CCCCCC)cc(C2(c3cc(CCCCCC)cc(CCCCCN)c3)Nc3ccsc3-c3sccc32)c1. The second kappa shape index (κ2) is 19.1. The zero-order chi connectivity index (χ0) is 33.6. The summed E-state index contributed by atoms with van der Waals surface area (Å²) in [5.74, 6) is 0. The number of hydrogen-bond acceptors (Lipinski definition) is 4. The van der Waals surface area contributed by atoms with Crippen LogP contribution in [-0.4, -0.2) is 6.54 Å². The Balaban J connectivity index is 1.65. The third-order valence-electron chi connectivity index (χ3n) is 10.4. The van der Waals surface area contributed by atoms with Crippen molar-refractivity contribution in [1.29, 1.82) is 0 Å². The van der Waals surface area contributed by atoms with Crippen LogP contribution in [0.5, 0.6) is 0 Å². The number of fused-ring (bicyclic) bond motifs is 3. The minimum Gasteiger partial charge on any atom is -0.367 e. The van der Waals surface area contributed by atoms with Crippen LogP contribution in [0.3, 0.4) is 0 Å². The summed E-state index contributed by atoms with van der Waals surface area (Å²) < 4.78 is 0. The van der Waals surface area contributed by atoms with Crippen LogP contribution in [0.1, 0.15) is 156 Å². The Bertz CT molecular complexity index is 1400. The minimum absolute atomic E-state index is 0.424. The quantitative estimate of drug-likeness (QED) is 0.0810. The number of anilines is 1. The van der Waals surface area contributed by atoms with Gasteiger partial charge in [0.25, 0.3) is 0 Å². The molecule has 0 saturated heterocycles. The highest BCUT2D eigenvalue weighted by Crippen LogP contribution is 2.54. The van der Waals surface area contributed by atoms with Gasteiger partial charge in [-0.3, -0.25) is 0 Å². The van der Waals surface area contributed by atoms with Crippen LogP contribution in [0.4, 0.5) is 5.69 Å². The second-order valence-electron chi connectivity index (χ2n) is 14.3. The molecule has 2 aromatic heterocycles. The first-order chi connectivity index (χ1) is 23.6. The fraction of sp³-hybridized carbons (Fsp3) is 0.545. The lowest BCUT2D eigenvalue weighted by Gasteiger charge is -2.41.